The van der Waals surface area contributed by atoms with Crippen molar-refractivity contribution in [3.05, 3.63) is 63.6 Å². The molecule has 1 spiro atoms. The van der Waals surface area contributed by atoms with E-state index in [9.17, 15) is 14.3 Å². The molecule has 4 rings (SSSR count). The Morgan fingerprint density at radius 3 is 2.40 bits per heavy atom. The van der Waals surface area contributed by atoms with Crippen LogP contribution in [-0.2, 0) is 9.53 Å². The van der Waals surface area contributed by atoms with Gasteiger partial charge in [0.25, 0.3) is 5.91 Å². The van der Waals surface area contributed by atoms with Crippen LogP contribution in [0.5, 0.6) is 0 Å². The molecule has 1 fully saturated rings. The number of hydrogen-bond acceptors (Lipinski definition) is 3. The number of carbonyl (C=O) groups is 1. The average Bonchev–Trinajstić information content (AvgIpc) is 2.96. The lowest BCUT2D eigenvalue weighted by molar-refractivity contribution is -0.116. The normalized spacial score (nSPS) is 23.9. The summed E-state index contributed by atoms with van der Waals surface area (Å²) < 4.78 is 19.2. The van der Waals surface area contributed by atoms with Gasteiger partial charge in [0, 0.05) is 24.3 Å². The Hall–Kier alpha value is -2.08. The average molecular weight is 450 g/mol. The van der Waals surface area contributed by atoms with Crippen LogP contribution >= 0.6 is 23.2 Å². The molecule has 2 aliphatic rings. The minimum Gasteiger partial charge on any atom is -0.509 e. The second-order valence-electron chi connectivity index (χ2n) is 7.98. The minimum absolute atomic E-state index is 0.0321. The van der Waals surface area contributed by atoms with E-state index in [1.54, 1.807) is 31.4 Å². The number of carbonyl (C=O) groups excluding carboxylic acids is 1. The number of rotatable bonds is 4. The molecule has 2 aromatic rings. The fourth-order valence-corrected chi connectivity index (χ4v) is 4.77. The molecule has 0 saturated heterocycles. The summed E-state index contributed by atoms with van der Waals surface area (Å²) in [4.78, 5) is 12.9. The van der Waals surface area contributed by atoms with Gasteiger partial charge >= 0.3 is 0 Å². The third kappa shape index (κ3) is 3.70. The first-order valence-corrected chi connectivity index (χ1v) is 10.6. The number of hydrogen-bond donors (Lipinski definition) is 2. The highest BCUT2D eigenvalue weighted by atomic mass is 35.5. The topological polar surface area (TPSA) is 58.6 Å². The third-order valence-corrected chi connectivity index (χ3v) is 6.76. The number of aliphatic hydroxyl groups excluding tert-OH is 1. The van der Waals surface area contributed by atoms with E-state index in [-0.39, 0.29) is 22.3 Å². The Bertz CT molecular complexity index is 1030. The molecule has 0 atom stereocenters. The highest BCUT2D eigenvalue weighted by molar-refractivity contribution is 6.36. The van der Waals surface area contributed by atoms with E-state index in [0.717, 1.165) is 12.8 Å². The van der Waals surface area contributed by atoms with E-state index in [1.807, 2.05) is 0 Å². The largest absolute Gasteiger partial charge is 0.509 e. The first kappa shape index (κ1) is 21.2. The molecule has 1 aliphatic heterocycles. The second kappa shape index (κ2) is 8.22. The SMILES string of the molecule is COCC1CCC2(CC1)NC(=O)C(c1cc(-c3ccc(Cl)c(F)c3)ccc1Cl)=C2O. The molecule has 158 valence electrons. The fraction of sp³-hybridized carbons (Fsp3) is 0.348. The molecule has 7 heteroatoms. The smallest absolute Gasteiger partial charge is 0.256 e. The number of amides is 1. The summed E-state index contributed by atoms with van der Waals surface area (Å²) in [6.07, 6.45) is 2.98. The molecule has 4 nitrogen and oxygen atoms in total. The van der Waals surface area contributed by atoms with Crippen molar-refractivity contribution in [1.29, 1.82) is 0 Å². The van der Waals surface area contributed by atoms with E-state index in [0.29, 0.717) is 47.1 Å². The van der Waals surface area contributed by atoms with E-state index in [1.165, 1.54) is 12.1 Å². The van der Waals surface area contributed by atoms with Crippen molar-refractivity contribution in [2.45, 2.75) is 31.2 Å². The molecule has 0 radical (unpaired) electrons. The van der Waals surface area contributed by atoms with Crippen LogP contribution in [0.2, 0.25) is 10.0 Å². The lowest BCUT2D eigenvalue weighted by Gasteiger charge is -2.37. The molecular formula is C23H22Cl2FNO3. The van der Waals surface area contributed by atoms with E-state index in [4.69, 9.17) is 27.9 Å². The van der Waals surface area contributed by atoms with Crippen LogP contribution < -0.4 is 5.32 Å². The van der Waals surface area contributed by atoms with Gasteiger partial charge in [0.05, 0.1) is 16.1 Å². The standard InChI is InChI=1S/C23H22Cl2FNO3/c1-30-12-13-6-8-23(9-7-13)21(28)20(22(29)27-23)16-10-14(2-4-17(16)24)15-3-5-18(25)19(26)11-15/h2-5,10-11,13,28H,6-9,12H2,1H3,(H,27,29). The quantitative estimate of drug-likeness (QED) is 0.622. The summed E-state index contributed by atoms with van der Waals surface area (Å²) in [6.45, 7) is 0.673. The van der Waals surface area contributed by atoms with Crippen LogP contribution in [0.3, 0.4) is 0 Å². The van der Waals surface area contributed by atoms with Gasteiger partial charge < -0.3 is 15.2 Å². The Labute approximate surface area is 184 Å². The van der Waals surface area contributed by atoms with Crippen LogP contribution in [0.4, 0.5) is 4.39 Å². The highest BCUT2D eigenvalue weighted by Crippen LogP contribution is 2.44. The number of halogens is 3. The van der Waals surface area contributed by atoms with E-state index >= 15 is 0 Å². The Morgan fingerprint density at radius 2 is 1.77 bits per heavy atom. The van der Waals surface area contributed by atoms with Gasteiger partial charge in [-0.25, -0.2) is 4.39 Å². The zero-order valence-electron chi connectivity index (χ0n) is 16.5. The number of aliphatic hydroxyl groups is 1. The molecule has 1 aliphatic carbocycles. The lowest BCUT2D eigenvalue weighted by Crippen LogP contribution is -2.47. The van der Waals surface area contributed by atoms with Crippen molar-refractivity contribution in [2.75, 3.05) is 13.7 Å². The van der Waals surface area contributed by atoms with Crippen molar-refractivity contribution >= 4 is 34.7 Å². The zero-order valence-corrected chi connectivity index (χ0v) is 18.0. The summed E-state index contributed by atoms with van der Waals surface area (Å²) in [6, 6.07) is 9.59. The molecule has 0 unspecified atom stereocenters. The molecule has 2 aromatic carbocycles. The van der Waals surface area contributed by atoms with Gasteiger partial charge in [0.1, 0.15) is 11.6 Å². The van der Waals surface area contributed by atoms with Crippen LogP contribution in [0, 0.1) is 11.7 Å². The maximum Gasteiger partial charge on any atom is 0.256 e. The van der Waals surface area contributed by atoms with Gasteiger partial charge in [-0.1, -0.05) is 35.3 Å². The molecule has 2 N–H and O–H groups in total. The maximum absolute atomic E-state index is 13.9. The molecule has 0 bridgehead atoms. The summed E-state index contributed by atoms with van der Waals surface area (Å²) in [7, 11) is 1.68. The Morgan fingerprint density at radius 1 is 1.13 bits per heavy atom. The van der Waals surface area contributed by atoms with Crippen molar-refractivity contribution in [1.82, 2.24) is 5.32 Å². The summed E-state index contributed by atoms with van der Waals surface area (Å²) in [5, 5.41) is 14.5. The number of ether oxygens (including phenoxy) is 1. The highest BCUT2D eigenvalue weighted by Gasteiger charge is 2.48. The molecule has 1 amide bonds. The van der Waals surface area contributed by atoms with Crippen molar-refractivity contribution in [3.63, 3.8) is 0 Å². The van der Waals surface area contributed by atoms with Gasteiger partial charge in [-0.2, -0.15) is 0 Å². The van der Waals surface area contributed by atoms with Crippen LogP contribution in [0.1, 0.15) is 31.2 Å². The fourth-order valence-electron chi connectivity index (χ4n) is 4.44. The van der Waals surface area contributed by atoms with Crippen molar-refractivity contribution in [2.24, 2.45) is 5.92 Å². The predicted octanol–water partition coefficient (Wildman–Crippen LogP) is 5.77. The van der Waals surface area contributed by atoms with Crippen LogP contribution in [0.15, 0.2) is 42.2 Å². The van der Waals surface area contributed by atoms with Gasteiger partial charge in [-0.3, -0.25) is 4.79 Å². The summed E-state index contributed by atoms with van der Waals surface area (Å²) >= 11 is 12.2. The van der Waals surface area contributed by atoms with Crippen molar-refractivity contribution in [3.8, 4) is 11.1 Å². The third-order valence-electron chi connectivity index (χ3n) is 6.12. The molecule has 0 aromatic heterocycles. The Kier molecular flexibility index (Phi) is 5.80. The molecule has 30 heavy (non-hydrogen) atoms. The summed E-state index contributed by atoms with van der Waals surface area (Å²) in [5.41, 5.74) is 1.12. The lowest BCUT2D eigenvalue weighted by atomic mass is 9.76. The molecule has 1 heterocycles. The number of nitrogens with one attached hydrogen (secondary N) is 1. The minimum atomic E-state index is -0.762. The van der Waals surface area contributed by atoms with E-state index in [2.05, 4.69) is 5.32 Å². The van der Waals surface area contributed by atoms with Crippen LogP contribution in [-0.4, -0.2) is 30.3 Å². The molecule has 1 saturated carbocycles. The van der Waals surface area contributed by atoms with Gasteiger partial charge in [0.2, 0.25) is 0 Å². The summed E-state index contributed by atoms with van der Waals surface area (Å²) in [5.74, 6) is -0.428. The zero-order chi connectivity index (χ0) is 21.5. The monoisotopic (exact) mass is 449 g/mol. The first-order valence-electron chi connectivity index (χ1n) is 9.85. The molecular weight excluding hydrogens is 428 g/mol. The Balaban J connectivity index is 1.71. The first-order chi connectivity index (χ1) is 14.3. The van der Waals surface area contributed by atoms with Crippen LogP contribution in [0.25, 0.3) is 16.7 Å². The second-order valence-corrected chi connectivity index (χ2v) is 8.80. The number of methoxy groups -OCH3 is 1. The van der Waals surface area contributed by atoms with Gasteiger partial charge in [0.15, 0.2) is 0 Å². The van der Waals surface area contributed by atoms with Gasteiger partial charge in [-0.15, -0.1) is 0 Å². The van der Waals surface area contributed by atoms with E-state index < -0.39 is 11.4 Å². The van der Waals surface area contributed by atoms with Gasteiger partial charge in [-0.05, 0) is 67.0 Å². The maximum atomic E-state index is 13.9. The number of benzene rings is 2. The predicted molar refractivity (Wildman–Crippen MR) is 116 cm³/mol. The van der Waals surface area contributed by atoms with Crippen molar-refractivity contribution < 1.29 is 19.0 Å².